The Morgan fingerprint density at radius 2 is 2.10 bits per heavy atom. The van der Waals surface area contributed by atoms with Crippen molar-refractivity contribution in [1.82, 2.24) is 9.78 Å². The molecule has 2 N–H and O–H groups in total. The van der Waals surface area contributed by atoms with E-state index in [-0.39, 0.29) is 17.8 Å². The van der Waals surface area contributed by atoms with Crippen LogP contribution >= 0.6 is 0 Å². The molecule has 0 radical (unpaired) electrons. The Morgan fingerprint density at radius 1 is 1.31 bits per heavy atom. The van der Waals surface area contributed by atoms with Gasteiger partial charge in [0.05, 0.1) is 18.5 Å². The Morgan fingerprint density at radius 3 is 2.76 bits per heavy atom. The number of nitrogens with zero attached hydrogens (tertiary/aromatic N) is 2. The van der Waals surface area contributed by atoms with Gasteiger partial charge in [-0.2, -0.15) is 18.3 Å². The number of amides is 1. The minimum absolute atomic E-state index is 0.0160. The zero-order chi connectivity index (χ0) is 20.8. The van der Waals surface area contributed by atoms with Crippen molar-refractivity contribution in [3.8, 4) is 0 Å². The molecule has 9 heteroatoms. The van der Waals surface area contributed by atoms with Crippen LogP contribution in [0.1, 0.15) is 45.7 Å². The average molecular weight is 404 g/mol. The monoisotopic (exact) mass is 404 g/mol. The minimum Gasteiger partial charge on any atom is -0.467 e. The predicted octanol–water partition coefficient (Wildman–Crippen LogP) is 5.01. The predicted molar refractivity (Wildman–Crippen MR) is 101 cm³/mol. The van der Waals surface area contributed by atoms with Crippen LogP contribution in [0, 0.1) is 13.8 Å². The van der Waals surface area contributed by atoms with Crippen LogP contribution in [-0.2, 0) is 0 Å². The van der Waals surface area contributed by atoms with Gasteiger partial charge in [0.15, 0.2) is 6.04 Å². The molecule has 3 heterocycles. The highest BCUT2D eigenvalue weighted by Crippen LogP contribution is 2.44. The molecule has 1 amide bonds. The Bertz CT molecular complexity index is 1040. The number of nitrogens with one attached hydrogen (secondary N) is 2. The van der Waals surface area contributed by atoms with Crippen LogP contribution in [0.4, 0.5) is 24.7 Å². The fourth-order valence-electron chi connectivity index (χ4n) is 3.55. The Balaban J connectivity index is 1.69. The van der Waals surface area contributed by atoms with Gasteiger partial charge in [0.25, 0.3) is 5.91 Å². The van der Waals surface area contributed by atoms with E-state index in [9.17, 15) is 18.0 Å². The zero-order valence-corrected chi connectivity index (χ0v) is 15.7. The minimum atomic E-state index is -4.52. The average Bonchev–Trinajstić information content (AvgIpc) is 3.31. The number of halogens is 3. The maximum absolute atomic E-state index is 13.7. The molecule has 0 saturated heterocycles. The second kappa shape index (κ2) is 6.98. The molecule has 0 unspecified atom stereocenters. The third kappa shape index (κ3) is 3.59. The first-order valence-electron chi connectivity index (χ1n) is 9.07. The molecule has 3 aromatic rings. The number of fused-ring (bicyclic) bond motifs is 1. The van der Waals surface area contributed by atoms with Crippen molar-refractivity contribution in [3.05, 3.63) is 65.2 Å². The number of aromatic nitrogens is 2. The van der Waals surface area contributed by atoms with Crippen LogP contribution in [0.15, 0.2) is 47.2 Å². The Labute approximate surface area is 164 Å². The molecule has 6 nitrogen and oxygen atoms in total. The van der Waals surface area contributed by atoms with E-state index in [1.54, 1.807) is 18.2 Å². The van der Waals surface area contributed by atoms with Crippen molar-refractivity contribution in [3.63, 3.8) is 0 Å². The number of furan rings is 1. The first-order chi connectivity index (χ1) is 13.7. The molecule has 4 rings (SSSR count). The normalized spacial score (nSPS) is 18.8. The van der Waals surface area contributed by atoms with Crippen LogP contribution in [0.5, 0.6) is 0 Å². The molecule has 1 aromatic carbocycles. The largest absolute Gasteiger partial charge is 0.467 e. The quantitative estimate of drug-likeness (QED) is 0.644. The molecule has 0 fully saturated rings. The van der Waals surface area contributed by atoms with Gasteiger partial charge in [-0.1, -0.05) is 17.7 Å². The topological polar surface area (TPSA) is 72.1 Å². The second-order valence-electron chi connectivity index (χ2n) is 7.13. The summed E-state index contributed by atoms with van der Waals surface area (Å²) in [5, 5.41) is 9.60. The molecule has 2 atom stereocenters. The van der Waals surface area contributed by atoms with Crippen LogP contribution in [0.3, 0.4) is 0 Å². The highest BCUT2D eigenvalue weighted by molar-refractivity contribution is 6.07. The SMILES string of the molecule is Cc1ccc(NC(=O)c2cnn3c2N[C@H](c2ccco2)C[C@H]3C(F)(F)F)c(C)c1. The third-order valence-electron chi connectivity index (χ3n) is 5.00. The summed E-state index contributed by atoms with van der Waals surface area (Å²) in [6, 6.07) is 6.14. The lowest BCUT2D eigenvalue weighted by atomic mass is 10.0. The number of benzene rings is 1. The molecular weight excluding hydrogens is 385 g/mol. The van der Waals surface area contributed by atoms with Gasteiger partial charge in [-0.15, -0.1) is 0 Å². The standard InChI is InChI=1S/C20H19F3N4O2/c1-11-5-6-14(12(2)8-11)26-19(28)13-10-24-27-17(20(21,22)23)9-15(25-18(13)27)16-4-3-7-29-16/h3-8,10,15,17,25H,9H2,1-2H3,(H,26,28)/t15-,17-/m0/s1. The van der Waals surface area contributed by atoms with Gasteiger partial charge >= 0.3 is 6.18 Å². The van der Waals surface area contributed by atoms with E-state index in [0.29, 0.717) is 11.4 Å². The van der Waals surface area contributed by atoms with Crippen LogP contribution in [-0.4, -0.2) is 21.9 Å². The summed E-state index contributed by atoms with van der Waals surface area (Å²) >= 11 is 0. The van der Waals surface area contributed by atoms with Gasteiger partial charge in [0, 0.05) is 12.1 Å². The van der Waals surface area contributed by atoms with Gasteiger partial charge in [-0.25, -0.2) is 4.68 Å². The fourth-order valence-corrected chi connectivity index (χ4v) is 3.55. The first kappa shape index (κ1) is 19.1. The van der Waals surface area contributed by atoms with E-state index in [2.05, 4.69) is 15.7 Å². The molecular formula is C20H19F3N4O2. The van der Waals surface area contributed by atoms with Crippen molar-refractivity contribution in [2.24, 2.45) is 0 Å². The first-order valence-corrected chi connectivity index (χ1v) is 9.07. The molecule has 29 heavy (non-hydrogen) atoms. The molecule has 0 bridgehead atoms. The smallest absolute Gasteiger partial charge is 0.410 e. The number of rotatable bonds is 3. The summed E-state index contributed by atoms with van der Waals surface area (Å²) in [4.78, 5) is 12.8. The van der Waals surface area contributed by atoms with Crippen molar-refractivity contribution < 1.29 is 22.4 Å². The maximum atomic E-state index is 13.7. The number of carbonyl (C=O) groups excluding carboxylic acids is 1. The van der Waals surface area contributed by atoms with E-state index in [1.165, 1.54) is 6.26 Å². The van der Waals surface area contributed by atoms with E-state index < -0.39 is 24.2 Å². The summed E-state index contributed by atoms with van der Waals surface area (Å²) in [5.41, 5.74) is 2.52. The van der Waals surface area contributed by atoms with E-state index in [4.69, 9.17) is 4.42 Å². The number of aryl methyl sites for hydroxylation is 2. The lowest BCUT2D eigenvalue weighted by Gasteiger charge is -2.32. The van der Waals surface area contributed by atoms with Crippen molar-refractivity contribution in [2.45, 2.75) is 38.5 Å². The number of hydrogen-bond acceptors (Lipinski definition) is 4. The van der Waals surface area contributed by atoms with E-state index >= 15 is 0 Å². The highest BCUT2D eigenvalue weighted by atomic mass is 19.4. The number of hydrogen-bond donors (Lipinski definition) is 2. The number of carbonyl (C=O) groups is 1. The molecule has 0 aliphatic carbocycles. The summed E-state index contributed by atoms with van der Waals surface area (Å²) in [6.07, 6.45) is -2.25. The summed E-state index contributed by atoms with van der Waals surface area (Å²) in [5.74, 6) is -0.151. The lowest BCUT2D eigenvalue weighted by Crippen LogP contribution is -2.36. The van der Waals surface area contributed by atoms with Crippen LogP contribution in [0.25, 0.3) is 0 Å². The van der Waals surface area contributed by atoms with Crippen molar-refractivity contribution in [2.75, 3.05) is 10.6 Å². The summed E-state index contributed by atoms with van der Waals surface area (Å²) in [6.45, 7) is 3.78. The zero-order valence-electron chi connectivity index (χ0n) is 15.7. The molecule has 1 aliphatic rings. The van der Waals surface area contributed by atoms with Crippen LogP contribution < -0.4 is 10.6 Å². The molecule has 2 aromatic heterocycles. The molecule has 0 spiro atoms. The van der Waals surface area contributed by atoms with Gasteiger partial charge in [0.2, 0.25) is 0 Å². The molecule has 1 aliphatic heterocycles. The Kier molecular flexibility index (Phi) is 4.60. The lowest BCUT2D eigenvalue weighted by molar-refractivity contribution is -0.174. The number of alkyl halides is 3. The van der Waals surface area contributed by atoms with Crippen molar-refractivity contribution in [1.29, 1.82) is 0 Å². The fraction of sp³-hybridized carbons (Fsp3) is 0.300. The molecule has 152 valence electrons. The maximum Gasteiger partial charge on any atom is 0.410 e. The second-order valence-corrected chi connectivity index (χ2v) is 7.13. The van der Waals surface area contributed by atoms with E-state index in [0.717, 1.165) is 22.0 Å². The third-order valence-corrected chi connectivity index (χ3v) is 5.00. The number of anilines is 2. The van der Waals surface area contributed by atoms with Gasteiger partial charge in [-0.05, 0) is 37.6 Å². The van der Waals surface area contributed by atoms with Gasteiger partial charge < -0.3 is 15.1 Å². The van der Waals surface area contributed by atoms with E-state index in [1.807, 2.05) is 26.0 Å². The summed E-state index contributed by atoms with van der Waals surface area (Å²) < 4.78 is 47.1. The highest BCUT2D eigenvalue weighted by Gasteiger charge is 2.47. The Hall–Kier alpha value is -3.23. The van der Waals surface area contributed by atoms with Gasteiger partial charge in [0.1, 0.15) is 17.1 Å². The van der Waals surface area contributed by atoms with Crippen molar-refractivity contribution >= 4 is 17.4 Å². The van der Waals surface area contributed by atoms with Gasteiger partial charge in [-0.3, -0.25) is 4.79 Å². The molecule has 0 saturated carbocycles. The van der Waals surface area contributed by atoms with Crippen LogP contribution in [0.2, 0.25) is 0 Å². The summed E-state index contributed by atoms with van der Waals surface area (Å²) in [7, 11) is 0.